The van der Waals surface area contributed by atoms with E-state index in [1.807, 2.05) is 43.3 Å². The Morgan fingerprint density at radius 2 is 2.00 bits per heavy atom. The fourth-order valence-corrected chi connectivity index (χ4v) is 2.13. The Bertz CT molecular complexity index is 626. The molecular weight excluding hydrogens is 274 g/mol. The summed E-state index contributed by atoms with van der Waals surface area (Å²) < 4.78 is 4.78. The van der Waals surface area contributed by atoms with E-state index in [-0.39, 0.29) is 5.97 Å². The number of esters is 1. The van der Waals surface area contributed by atoms with E-state index >= 15 is 0 Å². The molecule has 0 bridgehead atoms. The zero-order chi connectivity index (χ0) is 14.5. The van der Waals surface area contributed by atoms with Crippen LogP contribution in [0.5, 0.6) is 0 Å². The molecule has 0 aliphatic carbocycles. The second kappa shape index (κ2) is 6.44. The van der Waals surface area contributed by atoms with Crippen molar-refractivity contribution in [1.82, 2.24) is 0 Å². The third-order valence-electron chi connectivity index (χ3n) is 3.09. The average molecular weight is 290 g/mol. The number of hydrogen-bond acceptors (Lipinski definition) is 3. The minimum Gasteiger partial charge on any atom is -0.465 e. The maximum absolute atomic E-state index is 11.7. The lowest BCUT2D eigenvalue weighted by molar-refractivity contribution is 0.0599. The van der Waals surface area contributed by atoms with Crippen LogP contribution in [0.15, 0.2) is 42.5 Å². The lowest BCUT2D eigenvalue weighted by Gasteiger charge is -2.12. The molecule has 0 aliphatic heterocycles. The highest BCUT2D eigenvalue weighted by molar-refractivity contribution is 6.30. The summed E-state index contributed by atoms with van der Waals surface area (Å²) in [6.07, 6.45) is 0. The van der Waals surface area contributed by atoms with Gasteiger partial charge < -0.3 is 10.1 Å². The van der Waals surface area contributed by atoms with Gasteiger partial charge in [-0.15, -0.1) is 0 Å². The summed E-state index contributed by atoms with van der Waals surface area (Å²) in [7, 11) is 1.38. The summed E-state index contributed by atoms with van der Waals surface area (Å²) in [5, 5.41) is 3.98. The molecule has 2 aromatic rings. The van der Waals surface area contributed by atoms with Crippen LogP contribution in [0.3, 0.4) is 0 Å². The molecule has 0 fully saturated rings. The Balaban J connectivity index is 2.19. The lowest BCUT2D eigenvalue weighted by atomic mass is 10.1. The van der Waals surface area contributed by atoms with E-state index in [4.69, 9.17) is 16.3 Å². The number of hydrogen-bond donors (Lipinski definition) is 1. The van der Waals surface area contributed by atoms with Gasteiger partial charge in [-0.1, -0.05) is 35.9 Å². The maximum Gasteiger partial charge on any atom is 0.338 e. The van der Waals surface area contributed by atoms with E-state index < -0.39 is 0 Å². The number of carbonyl (C=O) groups is 1. The number of aryl methyl sites for hydroxylation is 1. The van der Waals surface area contributed by atoms with Gasteiger partial charge in [0.1, 0.15) is 0 Å². The first kappa shape index (κ1) is 14.4. The fraction of sp³-hybridized carbons (Fsp3) is 0.188. The van der Waals surface area contributed by atoms with Crippen molar-refractivity contribution in [2.24, 2.45) is 0 Å². The minimum atomic E-state index is -0.329. The summed E-state index contributed by atoms with van der Waals surface area (Å²) in [6, 6.07) is 13.1. The molecule has 3 nitrogen and oxygen atoms in total. The van der Waals surface area contributed by atoms with Crippen LogP contribution in [0.1, 0.15) is 21.5 Å². The second-order valence-electron chi connectivity index (χ2n) is 4.46. The Labute approximate surface area is 123 Å². The fourth-order valence-electron chi connectivity index (χ4n) is 1.96. The number of nitrogens with one attached hydrogen (secondary N) is 1. The van der Waals surface area contributed by atoms with Gasteiger partial charge in [-0.05, 0) is 36.2 Å². The molecule has 0 aromatic heterocycles. The van der Waals surface area contributed by atoms with Crippen LogP contribution in [0.2, 0.25) is 5.02 Å². The monoisotopic (exact) mass is 289 g/mol. The number of anilines is 1. The van der Waals surface area contributed by atoms with E-state index in [9.17, 15) is 4.79 Å². The molecule has 2 rings (SSSR count). The van der Waals surface area contributed by atoms with Gasteiger partial charge in [0.05, 0.1) is 12.7 Å². The highest BCUT2D eigenvalue weighted by atomic mass is 35.5. The van der Waals surface area contributed by atoms with Crippen molar-refractivity contribution in [2.45, 2.75) is 13.5 Å². The standard InChI is InChI=1S/C16H16ClNO2/c1-11-7-8-13(17)9-15(11)18-10-12-5-3-4-6-14(12)16(19)20-2/h3-9,18H,10H2,1-2H3. The van der Waals surface area contributed by atoms with Crippen LogP contribution in [-0.4, -0.2) is 13.1 Å². The van der Waals surface area contributed by atoms with Crippen molar-refractivity contribution in [3.05, 3.63) is 64.2 Å². The van der Waals surface area contributed by atoms with E-state index in [0.717, 1.165) is 16.8 Å². The molecule has 0 atom stereocenters. The predicted octanol–water partition coefficient (Wildman–Crippen LogP) is 4.05. The molecular formula is C16H16ClNO2. The molecule has 104 valence electrons. The molecule has 0 saturated heterocycles. The van der Waals surface area contributed by atoms with Crippen LogP contribution in [0.4, 0.5) is 5.69 Å². The van der Waals surface area contributed by atoms with Crippen molar-refractivity contribution in [2.75, 3.05) is 12.4 Å². The topological polar surface area (TPSA) is 38.3 Å². The van der Waals surface area contributed by atoms with Gasteiger partial charge >= 0.3 is 5.97 Å². The largest absolute Gasteiger partial charge is 0.465 e. The van der Waals surface area contributed by atoms with Gasteiger partial charge in [0.2, 0.25) is 0 Å². The lowest BCUT2D eigenvalue weighted by Crippen LogP contribution is -2.09. The molecule has 0 unspecified atom stereocenters. The molecule has 20 heavy (non-hydrogen) atoms. The first-order chi connectivity index (χ1) is 9.61. The Kier molecular flexibility index (Phi) is 4.64. The normalized spacial score (nSPS) is 10.2. The van der Waals surface area contributed by atoms with Crippen molar-refractivity contribution in [3.8, 4) is 0 Å². The summed E-state index contributed by atoms with van der Waals surface area (Å²) in [5.74, 6) is -0.329. The first-order valence-corrected chi connectivity index (χ1v) is 6.66. The van der Waals surface area contributed by atoms with Crippen LogP contribution >= 0.6 is 11.6 Å². The van der Waals surface area contributed by atoms with Crippen LogP contribution in [0, 0.1) is 6.92 Å². The number of ether oxygens (including phenoxy) is 1. The van der Waals surface area contributed by atoms with E-state index in [1.165, 1.54) is 7.11 Å². The first-order valence-electron chi connectivity index (χ1n) is 6.28. The minimum absolute atomic E-state index is 0.329. The summed E-state index contributed by atoms with van der Waals surface area (Å²) in [5.41, 5.74) is 3.52. The van der Waals surface area contributed by atoms with E-state index in [1.54, 1.807) is 6.07 Å². The van der Waals surface area contributed by atoms with Gasteiger partial charge in [-0.2, -0.15) is 0 Å². The molecule has 0 saturated carbocycles. The summed E-state index contributed by atoms with van der Waals surface area (Å²) >= 11 is 5.99. The quantitative estimate of drug-likeness (QED) is 0.863. The van der Waals surface area contributed by atoms with Crippen LogP contribution in [0.25, 0.3) is 0 Å². The second-order valence-corrected chi connectivity index (χ2v) is 4.90. The van der Waals surface area contributed by atoms with Crippen molar-refractivity contribution >= 4 is 23.3 Å². The number of methoxy groups -OCH3 is 1. The summed E-state index contributed by atoms with van der Waals surface area (Å²) in [4.78, 5) is 11.7. The third kappa shape index (κ3) is 3.31. The number of rotatable bonds is 4. The molecule has 0 spiro atoms. The van der Waals surface area contributed by atoms with Crippen molar-refractivity contribution in [1.29, 1.82) is 0 Å². The zero-order valence-electron chi connectivity index (χ0n) is 11.4. The molecule has 2 aromatic carbocycles. The van der Waals surface area contributed by atoms with Crippen molar-refractivity contribution < 1.29 is 9.53 Å². The van der Waals surface area contributed by atoms with E-state index in [2.05, 4.69) is 5.32 Å². The molecule has 1 N–H and O–H groups in total. The maximum atomic E-state index is 11.7. The van der Waals surface area contributed by atoms with Crippen LogP contribution < -0.4 is 5.32 Å². The smallest absolute Gasteiger partial charge is 0.338 e. The molecule has 0 heterocycles. The zero-order valence-corrected chi connectivity index (χ0v) is 12.2. The van der Waals surface area contributed by atoms with Gasteiger partial charge in [-0.25, -0.2) is 4.79 Å². The van der Waals surface area contributed by atoms with E-state index in [0.29, 0.717) is 17.1 Å². The van der Waals surface area contributed by atoms with Gasteiger partial charge in [0.15, 0.2) is 0 Å². The highest BCUT2D eigenvalue weighted by Crippen LogP contribution is 2.21. The molecule has 4 heteroatoms. The molecule has 0 radical (unpaired) electrons. The number of benzene rings is 2. The highest BCUT2D eigenvalue weighted by Gasteiger charge is 2.10. The molecule has 0 amide bonds. The number of carbonyl (C=O) groups excluding carboxylic acids is 1. The number of halogens is 1. The third-order valence-corrected chi connectivity index (χ3v) is 3.33. The Hall–Kier alpha value is -2.00. The van der Waals surface area contributed by atoms with Gasteiger partial charge in [-0.3, -0.25) is 0 Å². The molecule has 0 aliphatic rings. The Morgan fingerprint density at radius 3 is 2.75 bits per heavy atom. The van der Waals surface area contributed by atoms with Crippen LogP contribution in [-0.2, 0) is 11.3 Å². The Morgan fingerprint density at radius 1 is 1.25 bits per heavy atom. The van der Waals surface area contributed by atoms with Crippen molar-refractivity contribution in [3.63, 3.8) is 0 Å². The van der Waals surface area contributed by atoms with Gasteiger partial charge in [0, 0.05) is 17.3 Å². The SMILES string of the molecule is COC(=O)c1ccccc1CNc1cc(Cl)ccc1C. The average Bonchev–Trinajstić information content (AvgIpc) is 2.47. The van der Waals surface area contributed by atoms with Gasteiger partial charge in [0.25, 0.3) is 0 Å². The summed E-state index contributed by atoms with van der Waals surface area (Å²) in [6.45, 7) is 2.54. The predicted molar refractivity (Wildman–Crippen MR) is 81.3 cm³/mol.